The fourth-order valence-electron chi connectivity index (χ4n) is 1.88. The van der Waals surface area contributed by atoms with E-state index in [0.717, 1.165) is 0 Å². The molecule has 6 heteroatoms. The van der Waals surface area contributed by atoms with Crippen LogP contribution in [0.4, 0.5) is 4.79 Å². The first-order chi connectivity index (χ1) is 8.10. The molecule has 0 saturated carbocycles. The first-order valence-corrected chi connectivity index (χ1v) is 5.36. The van der Waals surface area contributed by atoms with Crippen molar-refractivity contribution >= 4 is 12.1 Å². The highest BCUT2D eigenvalue weighted by molar-refractivity contribution is 5.74. The average molecular weight is 243 g/mol. The Labute approximate surface area is 99.8 Å². The molecule has 6 nitrogen and oxygen atoms in total. The third kappa shape index (κ3) is 3.45. The van der Waals surface area contributed by atoms with Gasteiger partial charge in [-0.05, 0) is 6.42 Å². The van der Waals surface area contributed by atoms with Gasteiger partial charge in [-0.15, -0.1) is 0 Å². The molecule has 0 radical (unpaired) electrons. The average Bonchev–Trinajstić information content (AvgIpc) is 2.70. The molecule has 17 heavy (non-hydrogen) atoms. The molecule has 1 heterocycles. The van der Waals surface area contributed by atoms with Crippen molar-refractivity contribution in [2.75, 3.05) is 26.9 Å². The number of hydrogen-bond acceptors (Lipinski definition) is 4. The summed E-state index contributed by atoms with van der Waals surface area (Å²) in [5, 5.41) is 8.94. The number of likely N-dealkylation sites (tertiary alicyclic amines) is 1. The van der Waals surface area contributed by atoms with Gasteiger partial charge in [0.05, 0.1) is 18.6 Å². The predicted molar refractivity (Wildman–Crippen MR) is 59.7 cm³/mol. The van der Waals surface area contributed by atoms with Crippen molar-refractivity contribution in [2.45, 2.75) is 12.5 Å². The second kappa shape index (κ2) is 6.24. The lowest BCUT2D eigenvalue weighted by Crippen LogP contribution is -2.38. The first kappa shape index (κ1) is 13.5. The second-order valence-electron chi connectivity index (χ2n) is 3.90. The summed E-state index contributed by atoms with van der Waals surface area (Å²) in [6, 6.07) is -0.238. The SMILES string of the molecule is C=CCOC(=O)N1CC(C(=O)O)C[C@@H]1COC. The van der Waals surface area contributed by atoms with E-state index >= 15 is 0 Å². The Hall–Kier alpha value is -1.56. The van der Waals surface area contributed by atoms with Crippen LogP contribution < -0.4 is 0 Å². The van der Waals surface area contributed by atoms with Crippen molar-refractivity contribution in [1.82, 2.24) is 4.90 Å². The lowest BCUT2D eigenvalue weighted by atomic mass is 10.1. The van der Waals surface area contributed by atoms with E-state index in [2.05, 4.69) is 6.58 Å². The van der Waals surface area contributed by atoms with Crippen LogP contribution >= 0.6 is 0 Å². The van der Waals surface area contributed by atoms with E-state index < -0.39 is 18.0 Å². The summed E-state index contributed by atoms with van der Waals surface area (Å²) in [5.41, 5.74) is 0. The van der Waals surface area contributed by atoms with Crippen LogP contribution in [0, 0.1) is 5.92 Å². The Kier molecular flexibility index (Phi) is 4.96. The van der Waals surface area contributed by atoms with Crippen LogP contribution in [0.25, 0.3) is 0 Å². The van der Waals surface area contributed by atoms with Gasteiger partial charge in [-0.25, -0.2) is 4.79 Å². The molecule has 0 aliphatic carbocycles. The number of carboxylic acids is 1. The Balaban J connectivity index is 2.63. The lowest BCUT2D eigenvalue weighted by molar-refractivity contribution is -0.141. The van der Waals surface area contributed by atoms with Crippen LogP contribution in [0.15, 0.2) is 12.7 Å². The molecule has 1 aliphatic heterocycles. The quantitative estimate of drug-likeness (QED) is 0.720. The number of carbonyl (C=O) groups is 2. The fraction of sp³-hybridized carbons (Fsp3) is 0.636. The van der Waals surface area contributed by atoms with Crippen LogP contribution in [0.3, 0.4) is 0 Å². The number of rotatable bonds is 5. The molecule has 1 saturated heterocycles. The Morgan fingerprint density at radius 1 is 1.59 bits per heavy atom. The molecule has 1 rings (SSSR count). The van der Waals surface area contributed by atoms with Gasteiger partial charge in [0.2, 0.25) is 0 Å². The Morgan fingerprint density at radius 2 is 2.29 bits per heavy atom. The number of carbonyl (C=O) groups excluding carboxylic acids is 1. The molecule has 0 aromatic carbocycles. The normalized spacial score (nSPS) is 23.5. The van der Waals surface area contributed by atoms with Crippen molar-refractivity contribution in [3.8, 4) is 0 Å². The minimum atomic E-state index is -0.898. The van der Waals surface area contributed by atoms with Crippen LogP contribution in [0.5, 0.6) is 0 Å². The molecule has 0 spiro atoms. The highest BCUT2D eigenvalue weighted by Gasteiger charge is 2.39. The summed E-state index contributed by atoms with van der Waals surface area (Å²) in [6.45, 7) is 4.04. The molecule has 0 aromatic rings. The predicted octanol–water partition coefficient (Wildman–Crippen LogP) is 0.730. The number of carboxylic acid groups (broad SMARTS) is 1. The van der Waals surface area contributed by atoms with E-state index in [0.29, 0.717) is 13.0 Å². The summed E-state index contributed by atoms with van der Waals surface area (Å²) in [4.78, 5) is 24.0. The number of amides is 1. The highest BCUT2D eigenvalue weighted by Crippen LogP contribution is 2.24. The Morgan fingerprint density at radius 3 is 2.82 bits per heavy atom. The Bertz CT molecular complexity index is 304. The zero-order valence-electron chi connectivity index (χ0n) is 9.80. The van der Waals surface area contributed by atoms with Gasteiger partial charge in [0.15, 0.2) is 0 Å². The van der Waals surface area contributed by atoms with Gasteiger partial charge in [-0.3, -0.25) is 4.79 Å². The summed E-state index contributed by atoms with van der Waals surface area (Å²) >= 11 is 0. The van der Waals surface area contributed by atoms with E-state index in [1.807, 2.05) is 0 Å². The third-order valence-corrected chi connectivity index (χ3v) is 2.68. The first-order valence-electron chi connectivity index (χ1n) is 5.36. The summed E-state index contributed by atoms with van der Waals surface area (Å²) < 4.78 is 9.88. The van der Waals surface area contributed by atoms with Gasteiger partial charge in [0, 0.05) is 13.7 Å². The zero-order chi connectivity index (χ0) is 12.8. The molecule has 1 aliphatic rings. The van der Waals surface area contributed by atoms with Crippen molar-refractivity contribution in [1.29, 1.82) is 0 Å². The van der Waals surface area contributed by atoms with Crippen molar-refractivity contribution in [3.05, 3.63) is 12.7 Å². The summed E-state index contributed by atoms with van der Waals surface area (Å²) in [6.07, 6.45) is 1.34. The molecule has 0 bridgehead atoms. The fourth-order valence-corrected chi connectivity index (χ4v) is 1.88. The van der Waals surface area contributed by atoms with Gasteiger partial charge >= 0.3 is 12.1 Å². The molecule has 0 aromatic heterocycles. The van der Waals surface area contributed by atoms with E-state index in [-0.39, 0.29) is 19.2 Å². The lowest BCUT2D eigenvalue weighted by Gasteiger charge is -2.22. The van der Waals surface area contributed by atoms with Crippen molar-refractivity contribution in [2.24, 2.45) is 5.92 Å². The minimum absolute atomic E-state index is 0.118. The second-order valence-corrected chi connectivity index (χ2v) is 3.90. The number of nitrogens with zero attached hydrogens (tertiary/aromatic N) is 1. The summed E-state index contributed by atoms with van der Waals surface area (Å²) in [5.74, 6) is -1.45. The van der Waals surface area contributed by atoms with Crippen molar-refractivity contribution in [3.63, 3.8) is 0 Å². The summed E-state index contributed by atoms with van der Waals surface area (Å²) in [7, 11) is 1.52. The van der Waals surface area contributed by atoms with Crippen LogP contribution in [0.1, 0.15) is 6.42 Å². The van der Waals surface area contributed by atoms with Gasteiger partial charge in [-0.1, -0.05) is 12.7 Å². The van der Waals surface area contributed by atoms with E-state index in [9.17, 15) is 9.59 Å². The molecular formula is C11H17NO5. The van der Waals surface area contributed by atoms with Gasteiger partial charge in [0.1, 0.15) is 6.61 Å². The monoisotopic (exact) mass is 243 g/mol. The molecule has 1 amide bonds. The van der Waals surface area contributed by atoms with E-state index in [1.54, 1.807) is 0 Å². The van der Waals surface area contributed by atoms with Gasteiger partial charge in [-0.2, -0.15) is 0 Å². The smallest absolute Gasteiger partial charge is 0.410 e. The molecule has 1 fully saturated rings. The van der Waals surface area contributed by atoms with E-state index in [1.165, 1.54) is 18.1 Å². The van der Waals surface area contributed by atoms with E-state index in [4.69, 9.17) is 14.6 Å². The number of methoxy groups -OCH3 is 1. The van der Waals surface area contributed by atoms with Gasteiger partial charge in [0.25, 0.3) is 0 Å². The minimum Gasteiger partial charge on any atom is -0.481 e. The maximum atomic E-state index is 11.7. The standard InChI is InChI=1S/C11H17NO5/c1-3-4-17-11(15)12-6-8(10(13)14)5-9(12)7-16-2/h3,8-9H,1,4-7H2,2H3,(H,13,14)/t8?,9-/m1/s1. The van der Waals surface area contributed by atoms with Gasteiger partial charge < -0.3 is 19.5 Å². The molecule has 1 N–H and O–H groups in total. The highest BCUT2D eigenvalue weighted by atomic mass is 16.6. The maximum Gasteiger partial charge on any atom is 0.410 e. The number of aliphatic carboxylic acids is 1. The third-order valence-electron chi connectivity index (χ3n) is 2.68. The number of ether oxygens (including phenoxy) is 2. The van der Waals surface area contributed by atoms with Crippen molar-refractivity contribution < 1.29 is 24.2 Å². The molecule has 96 valence electrons. The number of hydrogen-bond donors (Lipinski definition) is 1. The largest absolute Gasteiger partial charge is 0.481 e. The van der Waals surface area contributed by atoms with Crippen LogP contribution in [-0.4, -0.2) is 55.0 Å². The maximum absolute atomic E-state index is 11.7. The van der Waals surface area contributed by atoms with Crippen LogP contribution in [0.2, 0.25) is 0 Å². The molecule has 1 unspecified atom stereocenters. The topological polar surface area (TPSA) is 76.1 Å². The zero-order valence-corrected chi connectivity index (χ0v) is 9.80. The van der Waals surface area contributed by atoms with Crippen LogP contribution in [-0.2, 0) is 14.3 Å². The molecule has 2 atom stereocenters. The molecular weight excluding hydrogens is 226 g/mol.